The lowest BCUT2D eigenvalue weighted by molar-refractivity contribution is 0.0985. The molecular weight excluding hydrogens is 478 g/mol. The van der Waals surface area contributed by atoms with E-state index >= 15 is 0 Å². The molecule has 0 bridgehead atoms. The number of nitrogens with zero attached hydrogens (tertiary/aromatic N) is 6. The van der Waals surface area contributed by atoms with Gasteiger partial charge in [-0.2, -0.15) is 0 Å². The lowest BCUT2D eigenvalue weighted by Gasteiger charge is -2.43. The molecule has 10 heteroatoms. The molecule has 0 saturated carbocycles. The first-order valence-electron chi connectivity index (χ1n) is 13.0. The van der Waals surface area contributed by atoms with Gasteiger partial charge in [0.25, 0.3) is 0 Å². The average molecular weight is 514 g/mol. The summed E-state index contributed by atoms with van der Waals surface area (Å²) < 4.78 is 5.69. The van der Waals surface area contributed by atoms with Crippen LogP contribution in [0, 0.1) is 0 Å². The SMILES string of the molecule is CC1CN(c2ncc(C(N)=O)cc2Cl)CCN1c1cc(N2CCCCC2)nc(N2CCOCC2C)c1. The van der Waals surface area contributed by atoms with Crippen molar-refractivity contribution in [1.82, 2.24) is 9.97 Å². The van der Waals surface area contributed by atoms with Crippen molar-refractivity contribution in [2.24, 2.45) is 5.73 Å². The number of pyridine rings is 2. The molecule has 2 atom stereocenters. The summed E-state index contributed by atoms with van der Waals surface area (Å²) in [6, 6.07) is 6.64. The molecule has 0 aromatic carbocycles. The molecule has 2 unspecified atom stereocenters. The Hall–Kier alpha value is -2.78. The Kier molecular flexibility index (Phi) is 7.39. The second-order valence-electron chi connectivity index (χ2n) is 10.1. The number of morpholine rings is 1. The number of nitrogens with two attached hydrogens (primary N) is 1. The van der Waals surface area contributed by atoms with E-state index in [1.807, 2.05) is 0 Å². The van der Waals surface area contributed by atoms with E-state index in [0.717, 1.165) is 64.1 Å². The highest BCUT2D eigenvalue weighted by Crippen LogP contribution is 2.33. The molecular formula is C26H36ClN7O2. The molecule has 2 N–H and O–H groups in total. The smallest absolute Gasteiger partial charge is 0.250 e. The minimum atomic E-state index is -0.526. The summed E-state index contributed by atoms with van der Waals surface area (Å²) in [6.45, 7) is 11.2. The van der Waals surface area contributed by atoms with E-state index in [9.17, 15) is 4.79 Å². The maximum absolute atomic E-state index is 11.5. The number of amides is 1. The summed E-state index contributed by atoms with van der Waals surface area (Å²) in [5.74, 6) is 2.27. The molecule has 5 rings (SSSR count). The van der Waals surface area contributed by atoms with Gasteiger partial charge in [-0.1, -0.05) is 11.6 Å². The van der Waals surface area contributed by atoms with Crippen molar-refractivity contribution in [2.45, 2.75) is 45.2 Å². The number of halogens is 1. The van der Waals surface area contributed by atoms with E-state index in [4.69, 9.17) is 27.1 Å². The largest absolute Gasteiger partial charge is 0.377 e. The summed E-state index contributed by atoms with van der Waals surface area (Å²) in [5.41, 5.74) is 6.90. The fraction of sp³-hybridized carbons (Fsp3) is 0.577. The van der Waals surface area contributed by atoms with Crippen LogP contribution >= 0.6 is 11.6 Å². The minimum Gasteiger partial charge on any atom is -0.377 e. The molecule has 9 nitrogen and oxygen atoms in total. The zero-order valence-electron chi connectivity index (χ0n) is 21.2. The van der Waals surface area contributed by atoms with Crippen LogP contribution < -0.4 is 25.3 Å². The van der Waals surface area contributed by atoms with Crippen LogP contribution in [0.25, 0.3) is 0 Å². The van der Waals surface area contributed by atoms with E-state index < -0.39 is 5.91 Å². The second-order valence-corrected chi connectivity index (χ2v) is 10.5. The standard InChI is InChI=1S/C26H36ClN7O2/c1-18-16-32(26-22(27)12-20(15-29-26)25(28)35)8-9-33(18)21-13-23(31-6-4-3-5-7-31)30-24(14-21)34-10-11-36-17-19(34)2/h12-15,18-19H,3-11,16-17H2,1-2H3,(H2,28,35). The van der Waals surface area contributed by atoms with Gasteiger partial charge in [0.1, 0.15) is 17.5 Å². The van der Waals surface area contributed by atoms with Gasteiger partial charge in [0, 0.05) is 69.3 Å². The first-order chi connectivity index (χ1) is 17.4. The Morgan fingerprint density at radius 1 is 0.972 bits per heavy atom. The number of hydrogen-bond acceptors (Lipinski definition) is 8. The number of hydrogen-bond donors (Lipinski definition) is 1. The Bertz CT molecular complexity index is 1090. The first kappa shape index (κ1) is 24.9. The molecule has 194 valence electrons. The molecule has 3 aliphatic rings. The average Bonchev–Trinajstić information content (AvgIpc) is 2.89. The van der Waals surface area contributed by atoms with Gasteiger partial charge in [-0.05, 0) is 39.2 Å². The highest BCUT2D eigenvalue weighted by Gasteiger charge is 2.29. The topological polar surface area (TPSA) is 91.1 Å². The molecule has 3 aliphatic heterocycles. The highest BCUT2D eigenvalue weighted by molar-refractivity contribution is 6.33. The number of piperazine rings is 1. The minimum absolute atomic E-state index is 0.235. The van der Waals surface area contributed by atoms with Gasteiger partial charge < -0.3 is 30.1 Å². The van der Waals surface area contributed by atoms with Crippen LogP contribution in [0.2, 0.25) is 5.02 Å². The fourth-order valence-electron chi connectivity index (χ4n) is 5.49. The fourth-order valence-corrected chi connectivity index (χ4v) is 5.77. The van der Waals surface area contributed by atoms with Crippen LogP contribution in [0.3, 0.4) is 0 Å². The molecule has 36 heavy (non-hydrogen) atoms. The van der Waals surface area contributed by atoms with Gasteiger partial charge in [-0.15, -0.1) is 0 Å². The van der Waals surface area contributed by atoms with Crippen molar-refractivity contribution in [3.63, 3.8) is 0 Å². The summed E-state index contributed by atoms with van der Waals surface area (Å²) >= 11 is 6.48. The molecule has 0 aliphatic carbocycles. The van der Waals surface area contributed by atoms with Gasteiger partial charge in [-0.25, -0.2) is 9.97 Å². The molecule has 5 heterocycles. The molecule has 2 aromatic rings. The second kappa shape index (κ2) is 10.7. The van der Waals surface area contributed by atoms with E-state index in [0.29, 0.717) is 22.4 Å². The van der Waals surface area contributed by atoms with Gasteiger partial charge in [0.2, 0.25) is 5.91 Å². The van der Waals surface area contributed by atoms with Gasteiger partial charge >= 0.3 is 0 Å². The zero-order chi connectivity index (χ0) is 25.2. The normalized spacial score (nSPS) is 23.2. The maximum atomic E-state index is 11.5. The van der Waals surface area contributed by atoms with E-state index in [-0.39, 0.29) is 6.04 Å². The Morgan fingerprint density at radius 2 is 1.75 bits per heavy atom. The van der Waals surface area contributed by atoms with Crippen molar-refractivity contribution < 1.29 is 9.53 Å². The maximum Gasteiger partial charge on any atom is 0.250 e. The predicted octanol–water partition coefficient (Wildman–Crippen LogP) is 3.16. The van der Waals surface area contributed by atoms with Crippen LogP contribution in [-0.4, -0.2) is 80.4 Å². The zero-order valence-corrected chi connectivity index (χ0v) is 22.0. The Balaban J connectivity index is 1.40. The molecule has 0 radical (unpaired) electrons. The third-order valence-electron chi connectivity index (χ3n) is 7.49. The van der Waals surface area contributed by atoms with Crippen molar-refractivity contribution in [3.05, 3.63) is 35.0 Å². The van der Waals surface area contributed by atoms with Crippen LogP contribution in [0.5, 0.6) is 0 Å². The van der Waals surface area contributed by atoms with Crippen LogP contribution in [0.15, 0.2) is 24.4 Å². The molecule has 1 amide bonds. The summed E-state index contributed by atoms with van der Waals surface area (Å²) in [6.07, 6.45) is 5.23. The van der Waals surface area contributed by atoms with E-state index in [1.54, 1.807) is 6.07 Å². The summed E-state index contributed by atoms with van der Waals surface area (Å²) in [4.78, 5) is 30.5. The van der Waals surface area contributed by atoms with Crippen molar-refractivity contribution in [1.29, 1.82) is 0 Å². The summed E-state index contributed by atoms with van der Waals surface area (Å²) in [7, 11) is 0. The van der Waals surface area contributed by atoms with Gasteiger partial charge in [0.15, 0.2) is 0 Å². The number of aromatic nitrogens is 2. The van der Waals surface area contributed by atoms with Crippen LogP contribution in [0.1, 0.15) is 43.5 Å². The lowest BCUT2D eigenvalue weighted by Crippen LogP contribution is -2.52. The first-order valence-corrected chi connectivity index (χ1v) is 13.4. The number of carbonyl (C=O) groups is 1. The lowest BCUT2D eigenvalue weighted by atomic mass is 10.1. The summed E-state index contributed by atoms with van der Waals surface area (Å²) in [5, 5.41) is 0.451. The molecule has 3 fully saturated rings. The number of ether oxygens (including phenoxy) is 1. The van der Waals surface area contributed by atoms with Crippen LogP contribution in [-0.2, 0) is 4.74 Å². The van der Waals surface area contributed by atoms with Crippen molar-refractivity contribution in [2.75, 3.05) is 72.1 Å². The number of rotatable bonds is 5. The van der Waals surface area contributed by atoms with E-state index in [1.165, 1.54) is 31.1 Å². The van der Waals surface area contributed by atoms with Crippen molar-refractivity contribution >= 4 is 40.6 Å². The van der Waals surface area contributed by atoms with Gasteiger partial charge in [0.05, 0.1) is 29.8 Å². The Labute approximate surface area is 218 Å². The monoisotopic (exact) mass is 513 g/mol. The van der Waals surface area contributed by atoms with Gasteiger partial charge in [-0.3, -0.25) is 4.79 Å². The van der Waals surface area contributed by atoms with E-state index in [2.05, 4.69) is 50.6 Å². The number of anilines is 4. The van der Waals surface area contributed by atoms with Crippen LogP contribution in [0.4, 0.5) is 23.1 Å². The highest BCUT2D eigenvalue weighted by atomic mass is 35.5. The molecule has 3 saturated heterocycles. The number of carbonyl (C=O) groups excluding carboxylic acids is 1. The molecule has 0 spiro atoms. The quantitative estimate of drug-likeness (QED) is 0.652. The third kappa shape index (κ3) is 5.18. The number of piperidine rings is 1. The molecule has 2 aromatic heterocycles. The predicted molar refractivity (Wildman–Crippen MR) is 145 cm³/mol. The van der Waals surface area contributed by atoms with Crippen molar-refractivity contribution in [3.8, 4) is 0 Å². The number of primary amides is 1. The third-order valence-corrected chi connectivity index (χ3v) is 7.77. The Morgan fingerprint density at radius 3 is 2.44 bits per heavy atom.